The summed E-state index contributed by atoms with van der Waals surface area (Å²) < 4.78 is 0. The second kappa shape index (κ2) is 9.77. The predicted octanol–water partition coefficient (Wildman–Crippen LogP) is 3.68. The minimum absolute atomic E-state index is 0.00391. The lowest BCUT2D eigenvalue weighted by molar-refractivity contribution is -0.136. The van der Waals surface area contributed by atoms with Crippen LogP contribution in [0, 0.1) is 5.41 Å². The van der Waals surface area contributed by atoms with Gasteiger partial charge in [0.2, 0.25) is 17.7 Å². The molecule has 2 aromatic heterocycles. The van der Waals surface area contributed by atoms with Crippen LogP contribution in [0.15, 0.2) is 47.5 Å². The predicted molar refractivity (Wildman–Crippen MR) is 137 cm³/mol. The van der Waals surface area contributed by atoms with Crippen LogP contribution in [0.4, 0.5) is 5.82 Å². The zero-order chi connectivity index (χ0) is 24.4. The molecule has 0 radical (unpaired) electrons. The molecule has 1 spiro atoms. The van der Waals surface area contributed by atoms with E-state index in [9.17, 15) is 14.4 Å². The average Bonchev–Trinajstić information content (AvgIpc) is 3.37. The molecule has 35 heavy (non-hydrogen) atoms. The van der Waals surface area contributed by atoms with Gasteiger partial charge in [0.25, 0.3) is 0 Å². The molecule has 0 unspecified atom stereocenters. The maximum absolute atomic E-state index is 12.9. The topological polar surface area (TPSA) is 82.6 Å². The number of piperidine rings is 1. The van der Waals surface area contributed by atoms with Gasteiger partial charge in [-0.1, -0.05) is 17.7 Å². The summed E-state index contributed by atoms with van der Waals surface area (Å²) in [5.41, 5.74) is 2.72. The van der Waals surface area contributed by atoms with Gasteiger partial charge >= 0.3 is 0 Å². The van der Waals surface area contributed by atoms with Crippen molar-refractivity contribution in [3.05, 3.63) is 63.5 Å². The summed E-state index contributed by atoms with van der Waals surface area (Å²) in [6.45, 7) is 4.13. The fourth-order valence-electron chi connectivity index (χ4n) is 5.19. The number of hydrogen-bond donors (Lipinski definition) is 1. The summed E-state index contributed by atoms with van der Waals surface area (Å²) in [5.74, 6) is 0.641. The van der Waals surface area contributed by atoms with Crippen molar-refractivity contribution in [3.63, 3.8) is 0 Å². The van der Waals surface area contributed by atoms with E-state index in [0.717, 1.165) is 30.5 Å². The van der Waals surface area contributed by atoms with Gasteiger partial charge in [-0.2, -0.15) is 0 Å². The highest BCUT2D eigenvalue weighted by Crippen LogP contribution is 2.41. The monoisotopic (exact) mass is 490 g/mol. The van der Waals surface area contributed by atoms with E-state index in [-0.39, 0.29) is 17.7 Å². The molecule has 1 saturated heterocycles. The molecule has 3 aliphatic heterocycles. The molecule has 1 fully saturated rings. The van der Waals surface area contributed by atoms with Crippen LogP contribution in [-0.2, 0) is 27.2 Å². The van der Waals surface area contributed by atoms with Crippen LogP contribution in [-0.4, -0.2) is 58.7 Å². The van der Waals surface area contributed by atoms with E-state index >= 15 is 0 Å². The van der Waals surface area contributed by atoms with Crippen LogP contribution in [0.2, 0.25) is 0 Å². The van der Waals surface area contributed by atoms with Crippen molar-refractivity contribution in [2.24, 2.45) is 5.41 Å². The Kier molecular flexibility index (Phi) is 6.56. The van der Waals surface area contributed by atoms with Crippen LogP contribution in [0.5, 0.6) is 0 Å². The number of amides is 3. The summed E-state index contributed by atoms with van der Waals surface area (Å²) in [6, 6.07) is 6.24. The fraction of sp³-hybridized carbons (Fsp3) is 0.407. The summed E-state index contributed by atoms with van der Waals surface area (Å²) in [7, 11) is 0. The largest absolute Gasteiger partial charge is 0.343 e. The van der Waals surface area contributed by atoms with Crippen molar-refractivity contribution in [2.75, 3.05) is 31.5 Å². The number of thiophene rings is 1. The number of aromatic nitrogens is 1. The fourth-order valence-corrected chi connectivity index (χ4v) is 5.95. The molecule has 8 heteroatoms. The number of likely N-dealkylation sites (tertiary alicyclic amines) is 1. The Bertz CT molecular complexity index is 1190. The number of anilines is 1. The molecule has 2 aromatic rings. The molecule has 0 atom stereocenters. The van der Waals surface area contributed by atoms with Gasteiger partial charge in [0.1, 0.15) is 5.82 Å². The smallest absolute Gasteiger partial charge is 0.246 e. The van der Waals surface area contributed by atoms with Crippen LogP contribution >= 0.6 is 11.3 Å². The van der Waals surface area contributed by atoms with E-state index in [0.29, 0.717) is 44.7 Å². The van der Waals surface area contributed by atoms with Crippen molar-refractivity contribution < 1.29 is 14.4 Å². The van der Waals surface area contributed by atoms with E-state index in [2.05, 4.69) is 33.9 Å². The van der Waals surface area contributed by atoms with Gasteiger partial charge in [-0.25, -0.2) is 4.98 Å². The van der Waals surface area contributed by atoms with Crippen molar-refractivity contribution in [2.45, 2.75) is 39.0 Å². The maximum Gasteiger partial charge on any atom is 0.246 e. The van der Waals surface area contributed by atoms with E-state index in [1.54, 1.807) is 35.4 Å². The van der Waals surface area contributed by atoms with Gasteiger partial charge < -0.3 is 15.1 Å². The van der Waals surface area contributed by atoms with Crippen molar-refractivity contribution in [1.29, 1.82) is 0 Å². The van der Waals surface area contributed by atoms with Crippen molar-refractivity contribution in [3.8, 4) is 0 Å². The van der Waals surface area contributed by atoms with Crippen LogP contribution in [0.1, 0.15) is 42.2 Å². The van der Waals surface area contributed by atoms with Gasteiger partial charge in [-0.3, -0.25) is 14.4 Å². The van der Waals surface area contributed by atoms with Gasteiger partial charge in [-0.05, 0) is 60.4 Å². The molecule has 5 rings (SSSR count). The first-order valence-electron chi connectivity index (χ1n) is 12.1. The zero-order valence-electron chi connectivity index (χ0n) is 20.0. The summed E-state index contributed by atoms with van der Waals surface area (Å²) in [5, 5.41) is 5.07. The van der Waals surface area contributed by atoms with Gasteiger partial charge in [0, 0.05) is 56.7 Å². The van der Waals surface area contributed by atoms with Crippen molar-refractivity contribution in [1.82, 2.24) is 14.8 Å². The number of fused-ring (bicyclic) bond motifs is 1. The average molecular weight is 491 g/mol. The number of nitrogens with zero attached hydrogens (tertiary/aromatic N) is 3. The minimum atomic E-state index is -0.500. The molecule has 0 aliphatic carbocycles. The molecule has 0 saturated carbocycles. The Morgan fingerprint density at radius 3 is 2.74 bits per heavy atom. The number of carbonyl (C=O) groups is 3. The summed E-state index contributed by atoms with van der Waals surface area (Å²) in [4.78, 5) is 46.8. The zero-order valence-corrected chi connectivity index (χ0v) is 20.8. The Labute approximate surface area is 209 Å². The quantitative estimate of drug-likeness (QED) is 0.524. The molecule has 5 heterocycles. The molecule has 0 bridgehead atoms. The highest BCUT2D eigenvalue weighted by molar-refractivity contribution is 7.09. The Balaban J connectivity index is 1.22. The van der Waals surface area contributed by atoms with Crippen LogP contribution < -0.4 is 5.32 Å². The second-order valence-electron chi connectivity index (χ2n) is 9.68. The van der Waals surface area contributed by atoms with Gasteiger partial charge in [0.05, 0.1) is 5.41 Å². The SMILES string of the molecule is CC(=O)N1CCC2(CC1)Cc1cc(/C=C/C(=O)N3CC=C(Cc4cccs4)CC3)cnc1NC2=O. The Hall–Kier alpha value is -3.26. The summed E-state index contributed by atoms with van der Waals surface area (Å²) in [6.07, 6.45) is 11.1. The third-order valence-electron chi connectivity index (χ3n) is 7.41. The van der Waals surface area contributed by atoms with E-state index in [1.165, 1.54) is 10.5 Å². The first kappa shape index (κ1) is 23.5. The number of hydrogen-bond acceptors (Lipinski definition) is 5. The lowest BCUT2D eigenvalue weighted by atomic mass is 9.71. The van der Waals surface area contributed by atoms with Gasteiger partial charge in [-0.15, -0.1) is 11.3 Å². The highest BCUT2D eigenvalue weighted by Gasteiger charge is 2.45. The lowest BCUT2D eigenvalue weighted by Gasteiger charge is -2.42. The van der Waals surface area contributed by atoms with E-state index in [4.69, 9.17) is 0 Å². The minimum Gasteiger partial charge on any atom is -0.343 e. The Morgan fingerprint density at radius 2 is 2.06 bits per heavy atom. The first-order chi connectivity index (χ1) is 16.9. The van der Waals surface area contributed by atoms with Crippen molar-refractivity contribution >= 4 is 41.0 Å². The molecular weight excluding hydrogens is 460 g/mol. The van der Waals surface area contributed by atoms with Gasteiger partial charge in [0.15, 0.2) is 0 Å². The third-order valence-corrected chi connectivity index (χ3v) is 8.29. The van der Waals surface area contributed by atoms with Crippen LogP contribution in [0.25, 0.3) is 6.08 Å². The summed E-state index contributed by atoms with van der Waals surface area (Å²) >= 11 is 1.77. The number of pyridine rings is 1. The number of nitrogens with one attached hydrogen (secondary N) is 1. The molecular formula is C27H30N4O3S. The molecule has 1 N–H and O–H groups in total. The first-order valence-corrected chi connectivity index (χ1v) is 13.0. The molecule has 3 aliphatic rings. The molecule has 7 nitrogen and oxygen atoms in total. The maximum atomic E-state index is 12.9. The molecule has 3 amide bonds. The standard InChI is InChI=1S/C27H30N4O3S/c1-19(32)30-12-8-27(9-13-30)17-22-15-21(18-28-25(22)29-26(27)34)4-5-24(33)31-10-6-20(7-11-31)16-23-3-2-14-35-23/h2-6,14-15,18H,7-13,16-17H2,1H3,(H,28,29,34)/b5-4+. The number of carbonyl (C=O) groups excluding carboxylic acids is 3. The molecule has 182 valence electrons. The highest BCUT2D eigenvalue weighted by atomic mass is 32.1. The lowest BCUT2D eigenvalue weighted by Crippen LogP contribution is -2.50. The Morgan fingerprint density at radius 1 is 1.23 bits per heavy atom. The van der Waals surface area contributed by atoms with E-state index in [1.807, 2.05) is 17.0 Å². The normalized spacial score (nSPS) is 19.5. The van der Waals surface area contributed by atoms with Crippen LogP contribution in [0.3, 0.4) is 0 Å². The molecule has 0 aromatic carbocycles. The van der Waals surface area contributed by atoms with E-state index < -0.39 is 5.41 Å². The number of rotatable bonds is 4. The second-order valence-corrected chi connectivity index (χ2v) is 10.7. The third kappa shape index (κ3) is 5.07.